The topological polar surface area (TPSA) is 41.1 Å². The van der Waals surface area contributed by atoms with Crippen LogP contribution in [-0.4, -0.2) is 35.1 Å². The van der Waals surface area contributed by atoms with Crippen molar-refractivity contribution in [3.63, 3.8) is 0 Å². The molecule has 1 aliphatic rings. The minimum absolute atomic E-state index is 0.553. The summed E-state index contributed by atoms with van der Waals surface area (Å²) in [6, 6.07) is 3.14. The van der Waals surface area contributed by atoms with Crippen LogP contribution in [-0.2, 0) is 0 Å². The summed E-state index contributed by atoms with van der Waals surface area (Å²) in [5.41, 5.74) is 0. The minimum atomic E-state index is 0.553. The lowest BCUT2D eigenvalue weighted by molar-refractivity contribution is 0.376. The maximum atomic E-state index is 4.36. The van der Waals surface area contributed by atoms with Crippen LogP contribution in [0, 0.1) is 0 Å². The van der Waals surface area contributed by atoms with Crippen LogP contribution in [0.1, 0.15) is 26.7 Å². The van der Waals surface area contributed by atoms with Gasteiger partial charge in [0.15, 0.2) is 0 Å². The van der Waals surface area contributed by atoms with Crippen molar-refractivity contribution in [2.75, 3.05) is 18.0 Å². The van der Waals surface area contributed by atoms with E-state index >= 15 is 0 Å². The summed E-state index contributed by atoms with van der Waals surface area (Å²) in [6.45, 7) is 6.56. The van der Waals surface area contributed by atoms with Gasteiger partial charge in [-0.15, -0.1) is 0 Å². The van der Waals surface area contributed by atoms with Crippen LogP contribution in [0.25, 0.3) is 0 Å². The molecule has 4 heteroatoms. The van der Waals surface area contributed by atoms with Gasteiger partial charge in [0.05, 0.1) is 0 Å². The molecule has 0 amide bonds. The Hall–Kier alpha value is -1.16. The lowest BCUT2D eigenvalue weighted by Crippen LogP contribution is -2.56. The summed E-state index contributed by atoms with van der Waals surface area (Å²) in [5.74, 6) is 1.06. The molecule has 0 bridgehead atoms. The van der Waals surface area contributed by atoms with Crippen molar-refractivity contribution in [2.24, 2.45) is 0 Å². The minimum Gasteiger partial charge on any atom is -0.351 e. The first-order valence-electron chi connectivity index (χ1n) is 6.11. The number of nitrogens with zero attached hydrogens (tertiary/aromatic N) is 3. The monoisotopic (exact) mass is 220 g/mol. The van der Waals surface area contributed by atoms with Crippen LogP contribution in [0.4, 0.5) is 5.82 Å². The van der Waals surface area contributed by atoms with Gasteiger partial charge in [0.1, 0.15) is 12.1 Å². The van der Waals surface area contributed by atoms with Gasteiger partial charge < -0.3 is 10.2 Å². The van der Waals surface area contributed by atoms with E-state index in [1.54, 1.807) is 6.33 Å². The Morgan fingerprint density at radius 3 is 2.94 bits per heavy atom. The van der Waals surface area contributed by atoms with Crippen LogP contribution < -0.4 is 10.2 Å². The maximum absolute atomic E-state index is 4.36. The van der Waals surface area contributed by atoms with Crippen molar-refractivity contribution in [1.82, 2.24) is 15.3 Å². The first-order chi connectivity index (χ1) is 7.85. The highest BCUT2D eigenvalue weighted by atomic mass is 15.3. The Balaban J connectivity index is 2.15. The Bertz CT molecular complexity index is 314. The maximum Gasteiger partial charge on any atom is 0.132 e. The first-order valence-corrected chi connectivity index (χ1v) is 6.11. The second-order valence-electron chi connectivity index (χ2n) is 4.30. The normalized spacial score (nSPS) is 25.8. The fourth-order valence-electron chi connectivity index (χ4n) is 2.24. The number of nitrogens with one attached hydrogen (secondary N) is 1. The molecule has 0 aromatic carbocycles. The van der Waals surface area contributed by atoms with Crippen molar-refractivity contribution in [2.45, 2.75) is 38.8 Å². The highest BCUT2D eigenvalue weighted by Crippen LogP contribution is 2.18. The molecule has 0 aliphatic carbocycles. The quantitative estimate of drug-likeness (QED) is 0.837. The Morgan fingerprint density at radius 1 is 1.44 bits per heavy atom. The lowest BCUT2D eigenvalue weighted by Gasteiger charge is -2.40. The molecule has 1 fully saturated rings. The second kappa shape index (κ2) is 5.25. The Labute approximate surface area is 97.1 Å². The summed E-state index contributed by atoms with van der Waals surface area (Å²) in [7, 11) is 0. The van der Waals surface area contributed by atoms with Crippen molar-refractivity contribution in [3.8, 4) is 0 Å². The fourth-order valence-corrected chi connectivity index (χ4v) is 2.24. The number of hydrogen-bond donors (Lipinski definition) is 1. The number of piperazine rings is 1. The van der Waals surface area contributed by atoms with Gasteiger partial charge in [-0.3, -0.25) is 0 Å². The Kier molecular flexibility index (Phi) is 3.72. The summed E-state index contributed by atoms with van der Waals surface area (Å²) in [6.07, 6.45) is 5.76. The predicted molar refractivity (Wildman–Crippen MR) is 65.5 cm³/mol. The molecule has 1 aromatic heterocycles. The van der Waals surface area contributed by atoms with Crippen LogP contribution in [0.3, 0.4) is 0 Å². The van der Waals surface area contributed by atoms with Gasteiger partial charge >= 0.3 is 0 Å². The van der Waals surface area contributed by atoms with Crippen molar-refractivity contribution in [3.05, 3.63) is 18.6 Å². The van der Waals surface area contributed by atoms with E-state index < -0.39 is 0 Å². The average molecular weight is 220 g/mol. The molecular weight excluding hydrogens is 200 g/mol. The van der Waals surface area contributed by atoms with E-state index in [0.29, 0.717) is 12.1 Å². The van der Waals surface area contributed by atoms with Gasteiger partial charge in [-0.1, -0.05) is 13.8 Å². The molecule has 2 unspecified atom stereocenters. The molecule has 0 saturated carbocycles. The van der Waals surface area contributed by atoms with Crippen LogP contribution in [0.2, 0.25) is 0 Å². The molecule has 2 rings (SSSR count). The second-order valence-corrected chi connectivity index (χ2v) is 4.30. The Morgan fingerprint density at radius 2 is 2.31 bits per heavy atom. The van der Waals surface area contributed by atoms with Gasteiger partial charge in [0, 0.05) is 31.4 Å². The van der Waals surface area contributed by atoms with E-state index in [2.05, 4.69) is 34.0 Å². The summed E-state index contributed by atoms with van der Waals surface area (Å²) < 4.78 is 0. The summed E-state index contributed by atoms with van der Waals surface area (Å²) in [5, 5.41) is 3.58. The molecule has 2 heterocycles. The van der Waals surface area contributed by atoms with Crippen LogP contribution in [0.5, 0.6) is 0 Å². The largest absolute Gasteiger partial charge is 0.351 e. The first kappa shape index (κ1) is 11.3. The number of rotatable bonds is 3. The van der Waals surface area contributed by atoms with Crippen LogP contribution in [0.15, 0.2) is 18.6 Å². The summed E-state index contributed by atoms with van der Waals surface area (Å²) in [4.78, 5) is 10.7. The van der Waals surface area contributed by atoms with E-state index in [0.717, 1.165) is 31.7 Å². The van der Waals surface area contributed by atoms with Gasteiger partial charge in [-0.2, -0.15) is 0 Å². The molecule has 1 saturated heterocycles. The zero-order valence-corrected chi connectivity index (χ0v) is 10.1. The molecular formula is C12H20N4. The van der Waals surface area contributed by atoms with Crippen molar-refractivity contribution in [1.29, 1.82) is 0 Å². The zero-order valence-electron chi connectivity index (χ0n) is 10.1. The standard InChI is InChI=1S/C12H20N4/c1-3-10-8-16(11(4-2)7-14-10)12-5-6-13-9-15-12/h5-6,9-11,14H,3-4,7-8H2,1-2H3. The number of hydrogen-bond acceptors (Lipinski definition) is 4. The third-order valence-electron chi connectivity index (χ3n) is 3.32. The molecule has 2 atom stereocenters. The average Bonchev–Trinajstić information content (AvgIpc) is 2.39. The van der Waals surface area contributed by atoms with E-state index in [9.17, 15) is 0 Å². The molecule has 88 valence electrons. The van der Waals surface area contributed by atoms with Crippen molar-refractivity contribution < 1.29 is 0 Å². The highest BCUT2D eigenvalue weighted by Gasteiger charge is 2.26. The van der Waals surface area contributed by atoms with Gasteiger partial charge in [-0.25, -0.2) is 9.97 Å². The zero-order chi connectivity index (χ0) is 11.4. The van der Waals surface area contributed by atoms with Crippen LogP contribution >= 0.6 is 0 Å². The molecule has 1 N–H and O–H groups in total. The van der Waals surface area contributed by atoms with Gasteiger partial charge in [0.25, 0.3) is 0 Å². The highest BCUT2D eigenvalue weighted by molar-refractivity contribution is 5.39. The fraction of sp³-hybridized carbons (Fsp3) is 0.667. The smallest absolute Gasteiger partial charge is 0.132 e. The van der Waals surface area contributed by atoms with E-state index in [1.807, 2.05) is 12.3 Å². The third-order valence-corrected chi connectivity index (χ3v) is 3.32. The van der Waals surface area contributed by atoms with E-state index in [1.165, 1.54) is 0 Å². The lowest BCUT2D eigenvalue weighted by atomic mass is 10.1. The molecule has 16 heavy (non-hydrogen) atoms. The molecule has 4 nitrogen and oxygen atoms in total. The molecule has 1 aliphatic heterocycles. The predicted octanol–water partition coefficient (Wildman–Crippen LogP) is 1.44. The van der Waals surface area contributed by atoms with E-state index in [4.69, 9.17) is 0 Å². The molecule has 1 aromatic rings. The third kappa shape index (κ3) is 2.32. The van der Waals surface area contributed by atoms with Gasteiger partial charge in [-0.05, 0) is 18.9 Å². The van der Waals surface area contributed by atoms with E-state index in [-0.39, 0.29) is 0 Å². The molecule has 0 radical (unpaired) electrons. The van der Waals surface area contributed by atoms with Gasteiger partial charge in [0.2, 0.25) is 0 Å². The van der Waals surface area contributed by atoms with Crippen molar-refractivity contribution >= 4 is 5.82 Å². The molecule has 0 spiro atoms. The number of anilines is 1. The number of aromatic nitrogens is 2. The SMILES string of the molecule is CCC1CN(c2ccncn2)C(CC)CN1. The summed E-state index contributed by atoms with van der Waals surface area (Å²) >= 11 is 0.